The van der Waals surface area contributed by atoms with E-state index in [0.29, 0.717) is 17.3 Å². The largest absolute Gasteiger partial charge is 0.373 e. The van der Waals surface area contributed by atoms with Gasteiger partial charge in [-0.1, -0.05) is 25.4 Å². The van der Waals surface area contributed by atoms with Crippen molar-refractivity contribution in [3.63, 3.8) is 0 Å². The number of hydrogen-bond acceptors (Lipinski definition) is 3. The third-order valence-corrected chi connectivity index (χ3v) is 2.72. The van der Waals surface area contributed by atoms with E-state index in [9.17, 15) is 4.79 Å². The van der Waals surface area contributed by atoms with Gasteiger partial charge in [-0.2, -0.15) is 5.10 Å². The second-order valence-corrected chi connectivity index (χ2v) is 4.33. The number of nitrogens with zero attached hydrogens (tertiary/aromatic N) is 2. The van der Waals surface area contributed by atoms with Gasteiger partial charge in [0.2, 0.25) is 5.78 Å². The van der Waals surface area contributed by atoms with Crippen LogP contribution in [-0.4, -0.2) is 28.8 Å². The standard InChI is InChI=1S/C11H17ClN2O2/c1-5-14-9(8(12)6-13-14)10(15)11(16-4)7(2)3/h6-7,11H,5H2,1-4H3. The van der Waals surface area contributed by atoms with Crippen LogP contribution in [0.5, 0.6) is 0 Å². The Morgan fingerprint density at radius 3 is 2.69 bits per heavy atom. The summed E-state index contributed by atoms with van der Waals surface area (Å²) in [4.78, 5) is 12.2. The number of ketones is 1. The highest BCUT2D eigenvalue weighted by Gasteiger charge is 2.27. The van der Waals surface area contributed by atoms with Crippen LogP contribution in [0.15, 0.2) is 6.20 Å². The molecule has 0 radical (unpaired) electrons. The lowest BCUT2D eigenvalue weighted by Gasteiger charge is -2.18. The van der Waals surface area contributed by atoms with Gasteiger partial charge in [0.25, 0.3) is 0 Å². The maximum Gasteiger partial charge on any atom is 0.211 e. The molecule has 0 spiro atoms. The van der Waals surface area contributed by atoms with Gasteiger partial charge >= 0.3 is 0 Å². The Labute approximate surface area is 101 Å². The summed E-state index contributed by atoms with van der Waals surface area (Å²) in [6.45, 7) is 6.40. The van der Waals surface area contributed by atoms with Crippen molar-refractivity contribution in [2.45, 2.75) is 33.4 Å². The van der Waals surface area contributed by atoms with Gasteiger partial charge in [0.15, 0.2) is 0 Å². The van der Waals surface area contributed by atoms with E-state index >= 15 is 0 Å². The van der Waals surface area contributed by atoms with E-state index in [1.54, 1.807) is 4.68 Å². The van der Waals surface area contributed by atoms with Gasteiger partial charge < -0.3 is 4.74 Å². The van der Waals surface area contributed by atoms with Crippen molar-refractivity contribution in [1.29, 1.82) is 0 Å². The smallest absolute Gasteiger partial charge is 0.211 e. The number of Topliss-reactive ketones (excluding diaryl/α,β-unsaturated/α-hetero) is 1. The van der Waals surface area contributed by atoms with Crippen LogP contribution in [0.2, 0.25) is 5.02 Å². The van der Waals surface area contributed by atoms with Gasteiger partial charge in [-0.15, -0.1) is 0 Å². The van der Waals surface area contributed by atoms with Gasteiger partial charge in [-0.05, 0) is 12.8 Å². The highest BCUT2D eigenvalue weighted by atomic mass is 35.5. The minimum Gasteiger partial charge on any atom is -0.373 e. The topological polar surface area (TPSA) is 44.1 Å². The minimum atomic E-state index is -0.473. The molecule has 1 heterocycles. The summed E-state index contributed by atoms with van der Waals surface area (Å²) in [5, 5.41) is 4.42. The van der Waals surface area contributed by atoms with Crippen LogP contribution in [-0.2, 0) is 11.3 Å². The van der Waals surface area contributed by atoms with Gasteiger partial charge in [0.05, 0.1) is 11.2 Å². The summed E-state index contributed by atoms with van der Waals surface area (Å²) in [7, 11) is 1.53. The first-order valence-corrected chi connectivity index (χ1v) is 5.69. The monoisotopic (exact) mass is 244 g/mol. The number of carbonyl (C=O) groups is 1. The first-order valence-electron chi connectivity index (χ1n) is 5.31. The number of methoxy groups -OCH3 is 1. The first kappa shape index (κ1) is 13.2. The highest BCUT2D eigenvalue weighted by Crippen LogP contribution is 2.20. The quantitative estimate of drug-likeness (QED) is 0.748. The van der Waals surface area contributed by atoms with Crippen LogP contribution < -0.4 is 0 Å². The number of rotatable bonds is 5. The van der Waals surface area contributed by atoms with E-state index in [0.717, 1.165) is 0 Å². The van der Waals surface area contributed by atoms with Gasteiger partial charge in [0.1, 0.15) is 11.8 Å². The molecule has 1 rings (SSSR count). The average molecular weight is 245 g/mol. The van der Waals surface area contributed by atoms with Crippen molar-refractivity contribution in [2.24, 2.45) is 5.92 Å². The van der Waals surface area contributed by atoms with Crippen molar-refractivity contribution in [3.05, 3.63) is 16.9 Å². The van der Waals surface area contributed by atoms with Crippen molar-refractivity contribution in [3.8, 4) is 0 Å². The molecule has 0 amide bonds. The van der Waals surface area contributed by atoms with E-state index < -0.39 is 6.10 Å². The molecular formula is C11H17ClN2O2. The van der Waals surface area contributed by atoms with Crippen LogP contribution in [0, 0.1) is 5.92 Å². The molecule has 1 aromatic rings. The molecule has 0 aliphatic carbocycles. The maximum atomic E-state index is 12.2. The summed E-state index contributed by atoms with van der Waals surface area (Å²) in [6.07, 6.45) is 1.02. The van der Waals surface area contributed by atoms with Crippen LogP contribution >= 0.6 is 11.6 Å². The molecule has 1 unspecified atom stereocenters. The predicted molar refractivity (Wildman–Crippen MR) is 62.9 cm³/mol. The Hall–Kier alpha value is -0.870. The zero-order valence-electron chi connectivity index (χ0n) is 10.0. The third-order valence-electron chi connectivity index (χ3n) is 2.45. The lowest BCUT2D eigenvalue weighted by Crippen LogP contribution is -2.30. The van der Waals surface area contributed by atoms with Crippen molar-refractivity contribution < 1.29 is 9.53 Å². The van der Waals surface area contributed by atoms with Crippen LogP contribution in [0.25, 0.3) is 0 Å². The molecule has 0 N–H and O–H groups in total. The van der Waals surface area contributed by atoms with Crippen LogP contribution in [0.4, 0.5) is 0 Å². The summed E-state index contributed by atoms with van der Waals surface area (Å²) in [5.74, 6) is -0.00405. The van der Waals surface area contributed by atoms with E-state index in [1.807, 2.05) is 20.8 Å². The van der Waals surface area contributed by atoms with Gasteiger partial charge in [-0.3, -0.25) is 9.48 Å². The molecule has 0 aromatic carbocycles. The minimum absolute atomic E-state index is 0.105. The second-order valence-electron chi connectivity index (χ2n) is 3.92. The number of carbonyl (C=O) groups excluding carboxylic acids is 1. The predicted octanol–water partition coefficient (Wildman–Crippen LogP) is 2.41. The first-order chi connectivity index (χ1) is 7.52. The fraction of sp³-hybridized carbons (Fsp3) is 0.636. The molecule has 16 heavy (non-hydrogen) atoms. The Morgan fingerprint density at radius 2 is 2.25 bits per heavy atom. The number of ether oxygens (including phenoxy) is 1. The highest BCUT2D eigenvalue weighted by molar-refractivity contribution is 6.33. The number of aromatic nitrogens is 2. The fourth-order valence-corrected chi connectivity index (χ4v) is 1.90. The lowest BCUT2D eigenvalue weighted by molar-refractivity contribution is 0.0448. The Bertz CT molecular complexity index is 374. The molecule has 1 aromatic heterocycles. The van der Waals surface area contributed by atoms with E-state index in [1.165, 1.54) is 13.3 Å². The van der Waals surface area contributed by atoms with Gasteiger partial charge in [0, 0.05) is 13.7 Å². The molecule has 0 fully saturated rings. The molecule has 90 valence electrons. The number of hydrogen-bond donors (Lipinski definition) is 0. The molecule has 0 aliphatic rings. The fourth-order valence-electron chi connectivity index (χ4n) is 1.66. The molecular weight excluding hydrogens is 228 g/mol. The Balaban J connectivity index is 3.07. The Kier molecular flexibility index (Phi) is 4.50. The maximum absolute atomic E-state index is 12.2. The molecule has 5 heteroatoms. The summed E-state index contributed by atoms with van der Waals surface area (Å²) in [5.41, 5.74) is 0.435. The average Bonchev–Trinajstić information content (AvgIpc) is 2.59. The van der Waals surface area contributed by atoms with Crippen molar-refractivity contribution in [1.82, 2.24) is 9.78 Å². The van der Waals surface area contributed by atoms with Crippen LogP contribution in [0.3, 0.4) is 0 Å². The van der Waals surface area contributed by atoms with Crippen LogP contribution in [0.1, 0.15) is 31.3 Å². The molecule has 0 aliphatic heterocycles. The van der Waals surface area contributed by atoms with E-state index in [2.05, 4.69) is 5.10 Å². The Morgan fingerprint density at radius 1 is 1.62 bits per heavy atom. The summed E-state index contributed by atoms with van der Waals surface area (Å²) >= 11 is 5.96. The number of halogens is 1. The summed E-state index contributed by atoms with van der Waals surface area (Å²) in [6, 6.07) is 0. The number of aryl methyl sites for hydroxylation is 1. The molecule has 1 atom stereocenters. The second kappa shape index (κ2) is 5.46. The molecule has 0 saturated carbocycles. The lowest BCUT2D eigenvalue weighted by atomic mass is 10.0. The van der Waals surface area contributed by atoms with Gasteiger partial charge in [-0.25, -0.2) is 0 Å². The molecule has 4 nitrogen and oxygen atoms in total. The normalized spacial score (nSPS) is 13.1. The molecule has 0 bridgehead atoms. The van der Waals surface area contributed by atoms with E-state index in [4.69, 9.17) is 16.3 Å². The SMILES string of the molecule is CCn1ncc(Cl)c1C(=O)C(OC)C(C)C. The summed E-state index contributed by atoms with van der Waals surface area (Å²) < 4.78 is 6.80. The van der Waals surface area contributed by atoms with Crippen molar-refractivity contribution in [2.75, 3.05) is 7.11 Å². The zero-order chi connectivity index (χ0) is 12.3. The van der Waals surface area contributed by atoms with E-state index in [-0.39, 0.29) is 11.7 Å². The zero-order valence-corrected chi connectivity index (χ0v) is 10.8. The third kappa shape index (κ3) is 2.44. The van der Waals surface area contributed by atoms with Crippen molar-refractivity contribution >= 4 is 17.4 Å². The molecule has 0 saturated heterocycles.